The second kappa shape index (κ2) is 8.25. The first kappa shape index (κ1) is 15.2. The fourth-order valence-electron chi connectivity index (χ4n) is 2.67. The van der Waals surface area contributed by atoms with Crippen molar-refractivity contribution in [3.8, 4) is 0 Å². The van der Waals surface area contributed by atoms with E-state index in [4.69, 9.17) is 0 Å². The molecule has 18 heavy (non-hydrogen) atoms. The van der Waals surface area contributed by atoms with Crippen LogP contribution in [0.2, 0.25) is 0 Å². The van der Waals surface area contributed by atoms with Crippen molar-refractivity contribution in [1.82, 2.24) is 16.0 Å². The third-order valence-electron chi connectivity index (χ3n) is 3.54. The highest BCUT2D eigenvalue weighted by molar-refractivity contribution is 5.02. The molecule has 0 spiro atoms. The molecule has 0 aromatic rings. The topological polar surface area (TPSA) is 36.1 Å². The van der Waals surface area contributed by atoms with Gasteiger partial charge in [0.2, 0.25) is 0 Å². The normalized spacial score (nSPS) is 22.3. The van der Waals surface area contributed by atoms with Crippen molar-refractivity contribution in [2.45, 2.75) is 37.4 Å². The van der Waals surface area contributed by atoms with Crippen LogP contribution < -0.4 is 16.0 Å². The van der Waals surface area contributed by atoms with Crippen LogP contribution in [0.1, 0.15) is 25.7 Å². The van der Waals surface area contributed by atoms with Gasteiger partial charge < -0.3 is 5.32 Å². The lowest BCUT2D eigenvalue weighted by molar-refractivity contribution is 0.139. The maximum Gasteiger partial charge on any atom is 0.0849 e. The van der Waals surface area contributed by atoms with E-state index in [1.54, 1.807) is 0 Å². The maximum absolute atomic E-state index is 3.80. The van der Waals surface area contributed by atoms with Crippen molar-refractivity contribution in [3.05, 3.63) is 38.0 Å². The van der Waals surface area contributed by atoms with E-state index in [1.807, 2.05) is 18.2 Å². The first-order valence-electron chi connectivity index (χ1n) is 6.85. The monoisotopic (exact) mass is 249 g/mol. The van der Waals surface area contributed by atoms with Crippen LogP contribution in [0.5, 0.6) is 0 Å². The molecule has 1 aliphatic rings. The van der Waals surface area contributed by atoms with Crippen LogP contribution in [-0.4, -0.2) is 31.3 Å². The van der Waals surface area contributed by atoms with E-state index < -0.39 is 0 Å². The zero-order chi connectivity index (χ0) is 13.3. The summed E-state index contributed by atoms with van der Waals surface area (Å²) >= 11 is 0. The van der Waals surface area contributed by atoms with Crippen molar-refractivity contribution in [2.24, 2.45) is 0 Å². The summed E-state index contributed by atoms with van der Waals surface area (Å²) in [7, 11) is 0. The SMILES string of the molecule is C=CCNC1CCCCC1(NCC=C)NCC=C. The van der Waals surface area contributed by atoms with E-state index in [0.717, 1.165) is 26.1 Å². The van der Waals surface area contributed by atoms with Gasteiger partial charge in [-0.1, -0.05) is 31.1 Å². The Hall–Kier alpha value is -0.900. The Bertz CT molecular complexity index is 261. The van der Waals surface area contributed by atoms with Gasteiger partial charge in [-0.2, -0.15) is 0 Å². The number of rotatable bonds is 9. The van der Waals surface area contributed by atoms with Crippen LogP contribution in [0.4, 0.5) is 0 Å². The molecular weight excluding hydrogens is 222 g/mol. The Labute approximate surface area is 111 Å². The minimum absolute atomic E-state index is 0.0519. The molecular formula is C15H27N3. The molecule has 1 aliphatic carbocycles. The quantitative estimate of drug-likeness (QED) is 0.432. The smallest absolute Gasteiger partial charge is 0.0849 e. The summed E-state index contributed by atoms with van der Waals surface area (Å²) < 4.78 is 0. The lowest BCUT2D eigenvalue weighted by atomic mass is 9.83. The van der Waals surface area contributed by atoms with E-state index >= 15 is 0 Å². The molecule has 1 saturated carbocycles. The van der Waals surface area contributed by atoms with Gasteiger partial charge in [-0.15, -0.1) is 19.7 Å². The molecule has 0 aromatic heterocycles. The van der Waals surface area contributed by atoms with E-state index in [9.17, 15) is 0 Å². The average molecular weight is 249 g/mol. The summed E-state index contributed by atoms with van der Waals surface area (Å²) in [5.41, 5.74) is -0.0519. The van der Waals surface area contributed by atoms with E-state index in [1.165, 1.54) is 19.3 Å². The van der Waals surface area contributed by atoms with Crippen molar-refractivity contribution in [3.63, 3.8) is 0 Å². The summed E-state index contributed by atoms with van der Waals surface area (Å²) in [6.45, 7) is 13.9. The third kappa shape index (κ3) is 4.09. The molecule has 0 radical (unpaired) electrons. The number of hydrogen-bond acceptors (Lipinski definition) is 3. The Morgan fingerprint density at radius 1 is 0.944 bits per heavy atom. The van der Waals surface area contributed by atoms with Gasteiger partial charge in [0.05, 0.1) is 5.66 Å². The zero-order valence-corrected chi connectivity index (χ0v) is 11.4. The molecule has 1 rings (SSSR count). The predicted molar refractivity (Wildman–Crippen MR) is 79.6 cm³/mol. The van der Waals surface area contributed by atoms with Gasteiger partial charge in [-0.25, -0.2) is 0 Å². The van der Waals surface area contributed by atoms with Gasteiger partial charge >= 0.3 is 0 Å². The molecule has 1 atom stereocenters. The maximum atomic E-state index is 3.80. The lowest BCUT2D eigenvalue weighted by Crippen LogP contribution is -2.69. The van der Waals surface area contributed by atoms with Gasteiger partial charge in [0.25, 0.3) is 0 Å². The highest BCUT2D eigenvalue weighted by atomic mass is 15.2. The largest absolute Gasteiger partial charge is 0.307 e. The molecule has 102 valence electrons. The fraction of sp³-hybridized carbons (Fsp3) is 0.600. The third-order valence-corrected chi connectivity index (χ3v) is 3.54. The van der Waals surface area contributed by atoms with Crippen molar-refractivity contribution < 1.29 is 0 Å². The van der Waals surface area contributed by atoms with Gasteiger partial charge in [-0.3, -0.25) is 10.6 Å². The molecule has 1 fully saturated rings. The molecule has 1 unspecified atom stereocenters. The minimum Gasteiger partial charge on any atom is -0.307 e. The molecule has 0 aliphatic heterocycles. The molecule has 0 heterocycles. The Balaban J connectivity index is 2.74. The molecule has 0 aromatic carbocycles. The second-order valence-corrected chi connectivity index (χ2v) is 4.81. The fourth-order valence-corrected chi connectivity index (χ4v) is 2.67. The number of nitrogens with one attached hydrogen (secondary N) is 3. The molecule has 3 heteroatoms. The first-order valence-corrected chi connectivity index (χ1v) is 6.85. The van der Waals surface area contributed by atoms with Crippen LogP contribution in [0, 0.1) is 0 Å². The van der Waals surface area contributed by atoms with Crippen molar-refractivity contribution >= 4 is 0 Å². The number of hydrogen-bond donors (Lipinski definition) is 3. The van der Waals surface area contributed by atoms with E-state index in [2.05, 4.69) is 35.7 Å². The highest BCUT2D eigenvalue weighted by Crippen LogP contribution is 2.26. The van der Waals surface area contributed by atoms with Gasteiger partial charge in [-0.05, 0) is 12.8 Å². The first-order chi connectivity index (χ1) is 8.79. The predicted octanol–water partition coefficient (Wildman–Crippen LogP) is 1.95. The van der Waals surface area contributed by atoms with Crippen molar-refractivity contribution in [1.29, 1.82) is 0 Å². The summed E-state index contributed by atoms with van der Waals surface area (Å²) in [5, 5.41) is 10.8. The van der Waals surface area contributed by atoms with Crippen LogP contribution >= 0.6 is 0 Å². The molecule has 0 amide bonds. The van der Waals surface area contributed by atoms with Gasteiger partial charge in [0.1, 0.15) is 0 Å². The minimum atomic E-state index is -0.0519. The molecule has 0 saturated heterocycles. The molecule has 3 nitrogen and oxygen atoms in total. The van der Waals surface area contributed by atoms with Gasteiger partial charge in [0.15, 0.2) is 0 Å². The summed E-state index contributed by atoms with van der Waals surface area (Å²) in [5.74, 6) is 0. The molecule has 3 N–H and O–H groups in total. The summed E-state index contributed by atoms with van der Waals surface area (Å²) in [4.78, 5) is 0. The van der Waals surface area contributed by atoms with Crippen LogP contribution in [0.15, 0.2) is 38.0 Å². The average Bonchev–Trinajstić information content (AvgIpc) is 2.42. The Morgan fingerprint density at radius 2 is 1.56 bits per heavy atom. The van der Waals surface area contributed by atoms with Crippen LogP contribution in [0.3, 0.4) is 0 Å². The summed E-state index contributed by atoms with van der Waals surface area (Å²) in [6.07, 6.45) is 10.6. The lowest BCUT2D eigenvalue weighted by Gasteiger charge is -2.46. The van der Waals surface area contributed by atoms with Crippen LogP contribution in [0.25, 0.3) is 0 Å². The van der Waals surface area contributed by atoms with E-state index in [-0.39, 0.29) is 5.66 Å². The van der Waals surface area contributed by atoms with Crippen LogP contribution in [-0.2, 0) is 0 Å². The highest BCUT2D eigenvalue weighted by Gasteiger charge is 2.38. The zero-order valence-electron chi connectivity index (χ0n) is 11.4. The standard InChI is InChI=1S/C15H27N3/c1-4-11-16-14-9-7-8-10-15(14,17-12-5-2)18-13-6-3/h4-6,14,16-18H,1-3,7-13H2. The van der Waals surface area contributed by atoms with Gasteiger partial charge in [0, 0.05) is 25.7 Å². The van der Waals surface area contributed by atoms with E-state index in [0.29, 0.717) is 6.04 Å². The Kier molecular flexibility index (Phi) is 6.94. The second-order valence-electron chi connectivity index (χ2n) is 4.81. The molecule has 0 bridgehead atoms. The Morgan fingerprint density at radius 3 is 2.11 bits per heavy atom. The van der Waals surface area contributed by atoms with Crippen molar-refractivity contribution in [2.75, 3.05) is 19.6 Å². The summed E-state index contributed by atoms with van der Waals surface area (Å²) in [6, 6.07) is 0.421.